The monoisotopic (exact) mass is 423 g/mol. The molecule has 0 bridgehead atoms. The molecule has 3 aromatic rings. The molecule has 1 amide bonds. The van der Waals surface area contributed by atoms with Crippen LogP contribution in [0.4, 0.5) is 0 Å². The Morgan fingerprint density at radius 2 is 1.53 bits per heavy atom. The maximum absolute atomic E-state index is 12.7. The number of rotatable bonds is 6. The van der Waals surface area contributed by atoms with Crippen molar-refractivity contribution >= 4 is 16.0 Å². The minimum atomic E-state index is -3.98. The van der Waals surface area contributed by atoms with Crippen LogP contribution in [0.3, 0.4) is 0 Å². The summed E-state index contributed by atoms with van der Waals surface area (Å²) >= 11 is 0. The van der Waals surface area contributed by atoms with Crippen LogP contribution < -0.4 is 4.18 Å². The molecular formula is C23H21NO5S. The van der Waals surface area contributed by atoms with Gasteiger partial charge in [0.05, 0.1) is 6.54 Å². The van der Waals surface area contributed by atoms with E-state index in [4.69, 9.17) is 8.92 Å². The molecule has 1 heterocycles. The summed E-state index contributed by atoms with van der Waals surface area (Å²) in [6, 6.07) is 24.5. The fraction of sp³-hybridized carbons (Fsp3) is 0.174. The van der Waals surface area contributed by atoms with Gasteiger partial charge in [0.15, 0.2) is 0 Å². The van der Waals surface area contributed by atoms with Crippen LogP contribution in [0.25, 0.3) is 0 Å². The maximum atomic E-state index is 12.7. The Bertz CT molecular complexity index is 1120. The van der Waals surface area contributed by atoms with Crippen molar-refractivity contribution in [2.75, 3.05) is 13.2 Å². The maximum Gasteiger partial charge on any atom is 0.339 e. The predicted molar refractivity (Wildman–Crippen MR) is 111 cm³/mol. The molecule has 3 aromatic carbocycles. The van der Waals surface area contributed by atoms with Crippen molar-refractivity contribution < 1.29 is 22.1 Å². The topological polar surface area (TPSA) is 72.9 Å². The number of morpholine rings is 1. The van der Waals surface area contributed by atoms with Gasteiger partial charge in [-0.1, -0.05) is 66.7 Å². The molecule has 0 saturated carbocycles. The number of nitrogens with zero attached hydrogens (tertiary/aromatic N) is 1. The normalized spacial score (nSPS) is 17.0. The van der Waals surface area contributed by atoms with Crippen LogP contribution in [0.1, 0.15) is 17.2 Å². The van der Waals surface area contributed by atoms with Crippen molar-refractivity contribution in [3.63, 3.8) is 0 Å². The van der Waals surface area contributed by atoms with Crippen LogP contribution >= 0.6 is 0 Å². The summed E-state index contributed by atoms with van der Waals surface area (Å²) in [6.45, 7) is 0.696. The number of amides is 1. The summed E-state index contributed by atoms with van der Waals surface area (Å²) in [4.78, 5) is 14.1. The molecule has 6 nitrogen and oxygen atoms in total. The molecule has 0 N–H and O–H groups in total. The fourth-order valence-electron chi connectivity index (χ4n) is 3.34. The van der Waals surface area contributed by atoms with E-state index in [0.29, 0.717) is 18.7 Å². The number of carbonyl (C=O) groups is 1. The fourth-order valence-corrected chi connectivity index (χ4v) is 4.31. The summed E-state index contributed by atoms with van der Waals surface area (Å²) in [5.74, 6) is 0.0887. The van der Waals surface area contributed by atoms with E-state index in [1.165, 1.54) is 12.1 Å². The number of carbonyl (C=O) groups excluding carboxylic acids is 1. The van der Waals surface area contributed by atoms with E-state index < -0.39 is 16.2 Å². The van der Waals surface area contributed by atoms with E-state index in [-0.39, 0.29) is 23.2 Å². The van der Waals surface area contributed by atoms with Gasteiger partial charge in [0.2, 0.25) is 5.91 Å². The summed E-state index contributed by atoms with van der Waals surface area (Å²) in [7, 11) is -3.98. The lowest BCUT2D eigenvalue weighted by Crippen LogP contribution is -2.42. The Kier molecular flexibility index (Phi) is 5.83. The van der Waals surface area contributed by atoms with Crippen molar-refractivity contribution in [3.8, 4) is 5.75 Å². The highest BCUT2D eigenvalue weighted by atomic mass is 32.2. The summed E-state index contributed by atoms with van der Waals surface area (Å²) < 4.78 is 36.5. The van der Waals surface area contributed by atoms with Gasteiger partial charge in [0, 0.05) is 12.1 Å². The van der Waals surface area contributed by atoms with Crippen LogP contribution in [0.5, 0.6) is 5.75 Å². The highest BCUT2D eigenvalue weighted by molar-refractivity contribution is 7.87. The van der Waals surface area contributed by atoms with E-state index in [2.05, 4.69) is 0 Å². The number of benzene rings is 3. The van der Waals surface area contributed by atoms with Gasteiger partial charge < -0.3 is 13.8 Å². The Morgan fingerprint density at radius 1 is 0.900 bits per heavy atom. The first kappa shape index (κ1) is 20.1. The smallest absolute Gasteiger partial charge is 0.339 e. The molecule has 30 heavy (non-hydrogen) atoms. The van der Waals surface area contributed by atoms with E-state index in [0.717, 1.165) is 5.56 Å². The molecule has 1 atom stereocenters. The van der Waals surface area contributed by atoms with Gasteiger partial charge >= 0.3 is 10.1 Å². The van der Waals surface area contributed by atoms with Crippen molar-refractivity contribution in [1.29, 1.82) is 0 Å². The molecule has 4 rings (SSSR count). The molecule has 154 valence electrons. The molecule has 1 fully saturated rings. The number of hydrogen-bond acceptors (Lipinski definition) is 5. The summed E-state index contributed by atoms with van der Waals surface area (Å²) in [5.41, 5.74) is 1.60. The van der Waals surface area contributed by atoms with Gasteiger partial charge in [-0.3, -0.25) is 4.79 Å². The molecule has 1 aliphatic heterocycles. The highest BCUT2D eigenvalue weighted by Crippen LogP contribution is 2.32. The first-order valence-corrected chi connectivity index (χ1v) is 11.0. The Morgan fingerprint density at radius 3 is 2.27 bits per heavy atom. The number of ether oxygens (including phenoxy) is 1. The number of hydrogen-bond donors (Lipinski definition) is 0. The van der Waals surface area contributed by atoms with Crippen molar-refractivity contribution in [1.82, 2.24) is 4.90 Å². The lowest BCUT2D eigenvalue weighted by molar-refractivity contribution is -0.150. The van der Waals surface area contributed by atoms with E-state index in [9.17, 15) is 13.2 Å². The largest absolute Gasteiger partial charge is 0.379 e. The zero-order chi connectivity index (χ0) is 21.0. The van der Waals surface area contributed by atoms with Crippen molar-refractivity contribution in [2.24, 2.45) is 0 Å². The van der Waals surface area contributed by atoms with Gasteiger partial charge in [-0.15, -0.1) is 0 Å². The molecule has 0 spiro atoms. The van der Waals surface area contributed by atoms with Crippen LogP contribution in [-0.4, -0.2) is 32.4 Å². The average molecular weight is 423 g/mol. The summed E-state index contributed by atoms with van der Waals surface area (Å²) in [6.07, 6.45) is -0.492. The zero-order valence-corrected chi connectivity index (χ0v) is 17.0. The standard InChI is InChI=1S/C23H21NO5S/c25-23-17-28-22(16-24(23)15-18-9-3-1-4-10-18)20-13-7-8-14-21(20)29-30(26,27)19-11-5-2-6-12-19/h1-14,22H,15-17H2/t22-/m1/s1. The average Bonchev–Trinajstić information content (AvgIpc) is 2.77. The van der Waals surface area contributed by atoms with Gasteiger partial charge in [0.25, 0.3) is 0 Å². The van der Waals surface area contributed by atoms with Crippen LogP contribution in [0.15, 0.2) is 89.8 Å². The van der Waals surface area contributed by atoms with Crippen LogP contribution in [0.2, 0.25) is 0 Å². The SMILES string of the molecule is O=C1CO[C@@H](c2ccccc2OS(=O)(=O)c2ccccc2)CN1Cc1ccccc1. The molecule has 0 unspecified atom stereocenters. The second-order valence-corrected chi connectivity index (χ2v) is 8.49. The van der Waals surface area contributed by atoms with E-state index in [1.54, 1.807) is 47.4 Å². The van der Waals surface area contributed by atoms with Crippen molar-refractivity contribution in [2.45, 2.75) is 17.5 Å². The lowest BCUT2D eigenvalue weighted by Gasteiger charge is -2.33. The number of para-hydroxylation sites is 1. The molecule has 0 aromatic heterocycles. The Labute approximate surface area is 175 Å². The Balaban J connectivity index is 1.56. The van der Waals surface area contributed by atoms with E-state index in [1.807, 2.05) is 30.3 Å². The Hall–Kier alpha value is -3.16. The molecular weight excluding hydrogens is 402 g/mol. The zero-order valence-electron chi connectivity index (χ0n) is 16.2. The third kappa shape index (κ3) is 4.53. The van der Waals surface area contributed by atoms with Crippen LogP contribution in [0, 0.1) is 0 Å². The first-order valence-electron chi connectivity index (χ1n) is 9.55. The lowest BCUT2D eigenvalue weighted by atomic mass is 10.1. The van der Waals surface area contributed by atoms with Gasteiger partial charge in [-0.2, -0.15) is 8.42 Å². The van der Waals surface area contributed by atoms with Gasteiger partial charge in [-0.05, 0) is 23.8 Å². The quantitative estimate of drug-likeness (QED) is 0.567. The second kappa shape index (κ2) is 8.69. The second-order valence-electron chi connectivity index (χ2n) is 6.95. The van der Waals surface area contributed by atoms with Crippen LogP contribution in [-0.2, 0) is 26.2 Å². The minimum absolute atomic E-state index is 0.0722. The predicted octanol–water partition coefficient (Wildman–Crippen LogP) is 3.55. The van der Waals surface area contributed by atoms with E-state index >= 15 is 0 Å². The molecule has 1 saturated heterocycles. The highest BCUT2D eigenvalue weighted by Gasteiger charge is 2.30. The molecule has 1 aliphatic rings. The minimum Gasteiger partial charge on any atom is -0.379 e. The third-order valence-corrected chi connectivity index (χ3v) is 6.11. The molecule has 0 aliphatic carbocycles. The summed E-state index contributed by atoms with van der Waals surface area (Å²) in [5, 5.41) is 0. The first-order chi connectivity index (χ1) is 14.5. The molecule has 0 radical (unpaired) electrons. The third-order valence-electron chi connectivity index (χ3n) is 4.86. The van der Waals surface area contributed by atoms with Gasteiger partial charge in [0.1, 0.15) is 23.4 Å². The molecule has 7 heteroatoms. The van der Waals surface area contributed by atoms with Gasteiger partial charge in [-0.25, -0.2) is 0 Å². The van der Waals surface area contributed by atoms with Crippen molar-refractivity contribution in [3.05, 3.63) is 96.1 Å².